The van der Waals surface area contributed by atoms with Crippen molar-refractivity contribution >= 4 is 27.4 Å². The molecule has 0 atom stereocenters. The van der Waals surface area contributed by atoms with Crippen LogP contribution in [0.3, 0.4) is 0 Å². The molecule has 0 saturated heterocycles. The maximum atomic E-state index is 6.00. The van der Waals surface area contributed by atoms with E-state index in [-0.39, 0.29) is 5.60 Å². The van der Waals surface area contributed by atoms with E-state index < -0.39 is 0 Å². The van der Waals surface area contributed by atoms with Crippen molar-refractivity contribution in [3.05, 3.63) is 27.9 Å². The third kappa shape index (κ3) is 3.44. The van der Waals surface area contributed by atoms with Crippen molar-refractivity contribution in [2.24, 2.45) is 0 Å². The fourth-order valence-corrected chi connectivity index (χ4v) is 4.56. The Kier molecular flexibility index (Phi) is 4.65. The largest absolute Gasteiger partial charge is 0.383 e. The number of hydrogen-bond acceptors (Lipinski definition) is 7. The highest BCUT2D eigenvalue weighted by Gasteiger charge is 2.31. The number of fused-ring (bicyclic) bond motifs is 3. The lowest BCUT2D eigenvalue weighted by Gasteiger charge is -2.30. The number of aryl methyl sites for hydroxylation is 2. The molecule has 0 unspecified atom stereocenters. The summed E-state index contributed by atoms with van der Waals surface area (Å²) in [6.07, 6.45) is 0.851. The number of hydrogen-bond donors (Lipinski definition) is 1. The van der Waals surface area contributed by atoms with Crippen LogP contribution in [0.4, 0.5) is 5.82 Å². The zero-order valence-corrected chi connectivity index (χ0v) is 17.2. The maximum Gasteiger partial charge on any atom is 0.254 e. The van der Waals surface area contributed by atoms with Gasteiger partial charge in [0.25, 0.3) is 5.95 Å². The SMILES string of the molecule is COCCNc1nc(-n2nc(C)cc2C)nc2sc3c(c12)CC(C)(C)OC3. The van der Waals surface area contributed by atoms with Gasteiger partial charge in [-0.2, -0.15) is 15.1 Å². The van der Waals surface area contributed by atoms with Gasteiger partial charge in [-0.25, -0.2) is 4.68 Å². The highest BCUT2D eigenvalue weighted by atomic mass is 32.1. The molecule has 7 nitrogen and oxygen atoms in total. The Morgan fingerprint density at radius 3 is 2.85 bits per heavy atom. The molecule has 3 aromatic rings. The van der Waals surface area contributed by atoms with E-state index in [2.05, 4.69) is 24.3 Å². The predicted molar refractivity (Wildman–Crippen MR) is 107 cm³/mol. The van der Waals surface area contributed by atoms with Crippen LogP contribution in [0.25, 0.3) is 16.2 Å². The van der Waals surface area contributed by atoms with Crippen molar-refractivity contribution in [2.75, 3.05) is 25.6 Å². The van der Waals surface area contributed by atoms with Gasteiger partial charge < -0.3 is 14.8 Å². The number of anilines is 1. The second-order valence-corrected chi connectivity index (χ2v) is 8.62. The topological polar surface area (TPSA) is 74.1 Å². The van der Waals surface area contributed by atoms with E-state index in [1.807, 2.05) is 19.9 Å². The number of nitrogens with zero attached hydrogens (tertiary/aromatic N) is 4. The van der Waals surface area contributed by atoms with Gasteiger partial charge in [-0.1, -0.05) is 0 Å². The van der Waals surface area contributed by atoms with Crippen LogP contribution in [0.15, 0.2) is 6.07 Å². The highest BCUT2D eigenvalue weighted by Crippen LogP contribution is 2.41. The van der Waals surface area contributed by atoms with Crippen molar-refractivity contribution < 1.29 is 9.47 Å². The Morgan fingerprint density at radius 2 is 2.15 bits per heavy atom. The standard InChI is InChI=1S/C19H25N5O2S/c1-11-8-12(2)24(23-11)18-21-16(20-6-7-25-5)15-13-9-19(3,4)26-10-14(13)27-17(15)22-18/h8H,6-7,9-10H2,1-5H3,(H,20,21,22). The van der Waals surface area contributed by atoms with Gasteiger partial charge in [0.15, 0.2) is 0 Å². The number of methoxy groups -OCH3 is 1. The first-order chi connectivity index (χ1) is 12.9. The molecule has 4 rings (SSSR count). The molecule has 144 valence electrons. The fraction of sp³-hybridized carbons (Fsp3) is 0.526. The molecule has 0 bridgehead atoms. The van der Waals surface area contributed by atoms with Gasteiger partial charge in [-0.15, -0.1) is 11.3 Å². The minimum Gasteiger partial charge on any atom is -0.383 e. The van der Waals surface area contributed by atoms with E-state index in [9.17, 15) is 0 Å². The van der Waals surface area contributed by atoms with Crippen molar-refractivity contribution in [3.63, 3.8) is 0 Å². The van der Waals surface area contributed by atoms with Crippen molar-refractivity contribution in [1.82, 2.24) is 19.7 Å². The Morgan fingerprint density at radius 1 is 1.33 bits per heavy atom. The summed E-state index contributed by atoms with van der Waals surface area (Å²) >= 11 is 1.69. The lowest BCUT2D eigenvalue weighted by atomic mass is 9.94. The first kappa shape index (κ1) is 18.3. The Balaban J connectivity index is 1.87. The first-order valence-electron chi connectivity index (χ1n) is 9.10. The summed E-state index contributed by atoms with van der Waals surface area (Å²) in [5, 5.41) is 9.09. The molecular formula is C19H25N5O2S. The second kappa shape index (κ2) is 6.85. The Bertz CT molecular complexity index is 992. The van der Waals surface area contributed by atoms with E-state index in [0.717, 1.165) is 33.8 Å². The molecule has 8 heteroatoms. The van der Waals surface area contributed by atoms with Crippen molar-refractivity contribution in [2.45, 2.75) is 46.3 Å². The van der Waals surface area contributed by atoms with Crippen molar-refractivity contribution in [3.8, 4) is 5.95 Å². The van der Waals surface area contributed by atoms with Gasteiger partial charge in [0.1, 0.15) is 10.6 Å². The number of ether oxygens (including phenoxy) is 2. The van der Waals surface area contributed by atoms with Gasteiger partial charge in [0, 0.05) is 30.6 Å². The molecule has 1 aliphatic rings. The predicted octanol–water partition coefficient (Wildman–Crippen LogP) is 3.40. The normalized spacial score (nSPS) is 15.9. The number of nitrogens with one attached hydrogen (secondary N) is 1. The van der Waals surface area contributed by atoms with E-state index >= 15 is 0 Å². The van der Waals surface area contributed by atoms with Crippen LogP contribution in [-0.4, -0.2) is 45.6 Å². The second-order valence-electron chi connectivity index (χ2n) is 7.54. The van der Waals surface area contributed by atoms with E-state index in [1.54, 1.807) is 23.1 Å². The van der Waals surface area contributed by atoms with Crippen LogP contribution in [0.5, 0.6) is 0 Å². The molecule has 0 aliphatic carbocycles. The van der Waals surface area contributed by atoms with Crippen LogP contribution in [0.2, 0.25) is 0 Å². The van der Waals surface area contributed by atoms with Gasteiger partial charge in [-0.05, 0) is 39.3 Å². The third-order valence-corrected chi connectivity index (χ3v) is 5.82. The smallest absolute Gasteiger partial charge is 0.254 e. The molecule has 1 N–H and O–H groups in total. The molecule has 0 amide bonds. The molecule has 0 spiro atoms. The molecule has 27 heavy (non-hydrogen) atoms. The van der Waals surface area contributed by atoms with Crippen LogP contribution in [-0.2, 0) is 22.5 Å². The molecule has 0 saturated carbocycles. The Labute approximate surface area is 162 Å². The van der Waals surface area contributed by atoms with Gasteiger partial charge in [-0.3, -0.25) is 0 Å². The number of aromatic nitrogens is 4. The highest BCUT2D eigenvalue weighted by molar-refractivity contribution is 7.19. The maximum absolute atomic E-state index is 6.00. The summed E-state index contributed by atoms with van der Waals surface area (Å²) in [6.45, 7) is 10.2. The first-order valence-corrected chi connectivity index (χ1v) is 9.92. The van der Waals surface area contributed by atoms with Crippen LogP contribution in [0, 0.1) is 13.8 Å². The average Bonchev–Trinajstić information content (AvgIpc) is 3.13. The molecule has 0 radical (unpaired) electrons. The number of rotatable bonds is 5. The van der Waals surface area contributed by atoms with Gasteiger partial charge in [0.2, 0.25) is 0 Å². The number of thiophene rings is 1. The van der Waals surface area contributed by atoms with E-state index in [0.29, 0.717) is 25.7 Å². The average molecular weight is 388 g/mol. The summed E-state index contributed by atoms with van der Waals surface area (Å²) in [7, 11) is 1.70. The van der Waals surface area contributed by atoms with E-state index in [4.69, 9.17) is 19.4 Å². The van der Waals surface area contributed by atoms with Gasteiger partial charge in [0.05, 0.1) is 29.9 Å². The molecule has 0 aromatic carbocycles. The van der Waals surface area contributed by atoms with Crippen LogP contribution < -0.4 is 5.32 Å². The minimum atomic E-state index is -0.181. The monoisotopic (exact) mass is 387 g/mol. The zero-order valence-electron chi connectivity index (χ0n) is 16.4. The fourth-order valence-electron chi connectivity index (χ4n) is 3.46. The molecule has 0 fully saturated rings. The lowest BCUT2D eigenvalue weighted by Crippen LogP contribution is -2.31. The molecular weight excluding hydrogens is 362 g/mol. The lowest BCUT2D eigenvalue weighted by molar-refractivity contribution is -0.0379. The molecule has 3 aromatic heterocycles. The van der Waals surface area contributed by atoms with E-state index in [1.165, 1.54) is 10.4 Å². The summed E-state index contributed by atoms with van der Waals surface area (Å²) in [5.41, 5.74) is 3.08. The summed E-state index contributed by atoms with van der Waals surface area (Å²) < 4.78 is 13.0. The zero-order chi connectivity index (χ0) is 19.2. The summed E-state index contributed by atoms with van der Waals surface area (Å²) in [6, 6.07) is 2.03. The minimum absolute atomic E-state index is 0.181. The molecule has 4 heterocycles. The Hall–Kier alpha value is -2.03. The third-order valence-electron chi connectivity index (χ3n) is 4.72. The van der Waals surface area contributed by atoms with Crippen LogP contribution >= 0.6 is 11.3 Å². The molecule has 1 aliphatic heterocycles. The summed E-state index contributed by atoms with van der Waals surface area (Å²) in [4.78, 5) is 11.9. The summed E-state index contributed by atoms with van der Waals surface area (Å²) in [5.74, 6) is 1.43. The van der Waals surface area contributed by atoms with Crippen molar-refractivity contribution in [1.29, 1.82) is 0 Å². The van der Waals surface area contributed by atoms with Gasteiger partial charge >= 0.3 is 0 Å². The van der Waals surface area contributed by atoms with Crippen LogP contribution in [0.1, 0.15) is 35.7 Å². The quantitative estimate of drug-likeness (QED) is 0.677.